The van der Waals surface area contributed by atoms with Crippen LogP contribution in [0.25, 0.3) is 0 Å². The van der Waals surface area contributed by atoms with E-state index in [4.69, 9.17) is 0 Å². The van der Waals surface area contributed by atoms with E-state index in [-0.39, 0.29) is 0 Å². The van der Waals surface area contributed by atoms with Crippen LogP contribution in [0.5, 0.6) is 0 Å². The van der Waals surface area contributed by atoms with E-state index in [0.29, 0.717) is 16.9 Å². The van der Waals surface area contributed by atoms with Gasteiger partial charge in [0.05, 0.1) is 6.33 Å². The van der Waals surface area contributed by atoms with Crippen molar-refractivity contribution in [2.24, 2.45) is 16.7 Å². The summed E-state index contributed by atoms with van der Waals surface area (Å²) in [5, 5.41) is 3.80. The molecule has 0 radical (unpaired) electrons. The lowest BCUT2D eigenvalue weighted by molar-refractivity contribution is 0.121. The van der Waals surface area contributed by atoms with Crippen molar-refractivity contribution in [1.29, 1.82) is 0 Å². The number of nitrogens with zero attached hydrogens (tertiary/aromatic N) is 2. The van der Waals surface area contributed by atoms with Gasteiger partial charge in [-0.1, -0.05) is 20.8 Å². The molecule has 0 amide bonds. The van der Waals surface area contributed by atoms with Crippen LogP contribution in [0.1, 0.15) is 40.0 Å². The van der Waals surface area contributed by atoms with Crippen molar-refractivity contribution in [1.82, 2.24) is 14.9 Å². The van der Waals surface area contributed by atoms with Gasteiger partial charge in [-0.3, -0.25) is 0 Å². The highest BCUT2D eigenvalue weighted by Crippen LogP contribution is 2.65. The average Bonchev–Trinajstić information content (AvgIpc) is 2.95. The molecule has 3 atom stereocenters. The summed E-state index contributed by atoms with van der Waals surface area (Å²) < 4.78 is 2.15. The number of nitrogens with one attached hydrogen (secondary N) is 1. The standard InChI is InChI=1S/C15H25N3/c1-14(2)12-4-5-15(14,3)13(10-12)17-7-9-18-8-6-16-11-18/h6,8,11-13,17H,4-5,7,9-10H2,1-3H3. The van der Waals surface area contributed by atoms with E-state index in [0.717, 1.165) is 19.0 Å². The predicted octanol–water partition coefficient (Wildman–Crippen LogP) is 2.69. The van der Waals surface area contributed by atoms with Gasteiger partial charge in [-0.15, -0.1) is 0 Å². The van der Waals surface area contributed by atoms with Crippen molar-refractivity contribution in [2.45, 2.75) is 52.6 Å². The number of aromatic nitrogens is 2. The maximum atomic E-state index is 4.08. The Morgan fingerprint density at radius 2 is 2.22 bits per heavy atom. The predicted molar refractivity (Wildman–Crippen MR) is 73.2 cm³/mol. The van der Waals surface area contributed by atoms with Crippen LogP contribution >= 0.6 is 0 Å². The molecule has 2 fully saturated rings. The van der Waals surface area contributed by atoms with Crippen molar-refractivity contribution >= 4 is 0 Å². The number of rotatable bonds is 4. The van der Waals surface area contributed by atoms with Crippen molar-refractivity contribution in [2.75, 3.05) is 6.54 Å². The van der Waals surface area contributed by atoms with E-state index >= 15 is 0 Å². The molecule has 3 unspecified atom stereocenters. The molecule has 3 nitrogen and oxygen atoms in total. The summed E-state index contributed by atoms with van der Waals surface area (Å²) in [5.74, 6) is 0.924. The first kappa shape index (κ1) is 12.2. The molecule has 0 aliphatic heterocycles. The summed E-state index contributed by atoms with van der Waals surface area (Å²) in [6.45, 7) is 9.52. The highest BCUT2D eigenvalue weighted by Gasteiger charge is 2.60. The van der Waals surface area contributed by atoms with E-state index in [1.165, 1.54) is 19.3 Å². The molecule has 2 bridgehead atoms. The molecule has 0 aromatic carbocycles. The molecule has 3 rings (SSSR count). The van der Waals surface area contributed by atoms with Crippen LogP contribution in [0.3, 0.4) is 0 Å². The third-order valence-electron chi connectivity index (χ3n) is 6.11. The third kappa shape index (κ3) is 1.63. The van der Waals surface area contributed by atoms with Gasteiger partial charge in [0.25, 0.3) is 0 Å². The third-order valence-corrected chi connectivity index (χ3v) is 6.11. The van der Waals surface area contributed by atoms with Crippen LogP contribution in [0.2, 0.25) is 0 Å². The largest absolute Gasteiger partial charge is 0.336 e. The smallest absolute Gasteiger partial charge is 0.0946 e. The van der Waals surface area contributed by atoms with E-state index < -0.39 is 0 Å². The van der Waals surface area contributed by atoms with Crippen molar-refractivity contribution < 1.29 is 0 Å². The lowest BCUT2D eigenvalue weighted by Crippen LogP contribution is -2.45. The van der Waals surface area contributed by atoms with E-state index in [1.54, 1.807) is 0 Å². The Morgan fingerprint density at radius 1 is 1.39 bits per heavy atom. The molecule has 3 heteroatoms. The van der Waals surface area contributed by atoms with Crippen LogP contribution in [0.15, 0.2) is 18.7 Å². The van der Waals surface area contributed by atoms with Crippen molar-refractivity contribution in [3.63, 3.8) is 0 Å². The maximum Gasteiger partial charge on any atom is 0.0946 e. The molecule has 2 aliphatic carbocycles. The molecule has 2 aliphatic rings. The molecule has 18 heavy (non-hydrogen) atoms. The summed E-state index contributed by atoms with van der Waals surface area (Å²) in [6.07, 6.45) is 9.98. The molecular weight excluding hydrogens is 222 g/mol. The van der Waals surface area contributed by atoms with Crippen LogP contribution < -0.4 is 5.32 Å². The summed E-state index contributed by atoms with van der Waals surface area (Å²) in [7, 11) is 0. The fourth-order valence-electron chi connectivity index (χ4n) is 4.30. The highest BCUT2D eigenvalue weighted by atomic mass is 15.1. The number of fused-ring (bicyclic) bond motifs is 2. The average molecular weight is 247 g/mol. The Morgan fingerprint density at radius 3 is 2.78 bits per heavy atom. The summed E-state index contributed by atoms with van der Waals surface area (Å²) in [5.41, 5.74) is 1.01. The van der Waals surface area contributed by atoms with Gasteiger partial charge in [-0.25, -0.2) is 4.98 Å². The van der Waals surface area contributed by atoms with E-state index in [1.807, 2.05) is 18.7 Å². The fraction of sp³-hybridized carbons (Fsp3) is 0.800. The minimum absolute atomic E-state index is 0.493. The zero-order valence-corrected chi connectivity index (χ0v) is 11.8. The van der Waals surface area contributed by atoms with Gasteiger partial charge in [0.1, 0.15) is 0 Å². The Bertz CT molecular complexity index is 409. The first-order valence-electron chi connectivity index (χ1n) is 7.23. The van der Waals surface area contributed by atoms with E-state index in [2.05, 4.69) is 35.6 Å². The molecule has 100 valence electrons. The second-order valence-corrected chi connectivity index (χ2v) is 6.92. The Balaban J connectivity index is 1.59. The Labute approximate surface area is 110 Å². The minimum atomic E-state index is 0.493. The molecule has 1 aromatic heterocycles. The quantitative estimate of drug-likeness (QED) is 0.886. The Hall–Kier alpha value is -0.830. The monoisotopic (exact) mass is 247 g/mol. The van der Waals surface area contributed by atoms with Crippen LogP contribution in [0, 0.1) is 16.7 Å². The lowest BCUT2D eigenvalue weighted by Gasteiger charge is -2.39. The SMILES string of the molecule is CC1(C)C2CCC1(C)C(NCCn1ccnc1)C2. The van der Waals surface area contributed by atoms with Gasteiger partial charge in [-0.2, -0.15) is 0 Å². The molecule has 0 spiro atoms. The number of hydrogen-bond acceptors (Lipinski definition) is 2. The number of imidazole rings is 1. The molecule has 1 heterocycles. The summed E-state index contributed by atoms with van der Waals surface area (Å²) >= 11 is 0. The van der Waals surface area contributed by atoms with Crippen molar-refractivity contribution in [3.05, 3.63) is 18.7 Å². The number of hydrogen-bond donors (Lipinski definition) is 1. The first-order chi connectivity index (χ1) is 8.54. The summed E-state index contributed by atoms with van der Waals surface area (Å²) in [4.78, 5) is 4.08. The van der Waals surface area contributed by atoms with Gasteiger partial charge in [0, 0.05) is 31.5 Å². The maximum absolute atomic E-state index is 4.08. The van der Waals surface area contributed by atoms with Gasteiger partial charge in [0.2, 0.25) is 0 Å². The second kappa shape index (κ2) is 4.09. The van der Waals surface area contributed by atoms with Gasteiger partial charge < -0.3 is 9.88 Å². The Kier molecular flexibility index (Phi) is 2.77. The normalized spacial score (nSPS) is 37.3. The lowest BCUT2D eigenvalue weighted by atomic mass is 9.69. The summed E-state index contributed by atoms with van der Waals surface area (Å²) in [6, 6.07) is 0.703. The molecular formula is C15H25N3. The molecule has 1 aromatic rings. The van der Waals surface area contributed by atoms with Gasteiger partial charge in [0.15, 0.2) is 0 Å². The molecule has 2 saturated carbocycles. The first-order valence-corrected chi connectivity index (χ1v) is 7.23. The van der Waals surface area contributed by atoms with Crippen LogP contribution in [-0.2, 0) is 6.54 Å². The van der Waals surface area contributed by atoms with E-state index in [9.17, 15) is 0 Å². The van der Waals surface area contributed by atoms with Gasteiger partial charge in [-0.05, 0) is 36.0 Å². The van der Waals surface area contributed by atoms with Gasteiger partial charge >= 0.3 is 0 Å². The fourth-order valence-corrected chi connectivity index (χ4v) is 4.30. The van der Waals surface area contributed by atoms with Crippen molar-refractivity contribution in [3.8, 4) is 0 Å². The highest BCUT2D eigenvalue weighted by molar-refractivity contribution is 5.12. The zero-order chi connectivity index (χ0) is 12.8. The zero-order valence-electron chi connectivity index (χ0n) is 11.8. The van der Waals surface area contributed by atoms with Crippen LogP contribution in [0.4, 0.5) is 0 Å². The van der Waals surface area contributed by atoms with Crippen LogP contribution in [-0.4, -0.2) is 22.1 Å². The minimum Gasteiger partial charge on any atom is -0.336 e. The molecule has 1 N–H and O–H groups in total. The molecule has 0 saturated heterocycles. The topological polar surface area (TPSA) is 29.9 Å². The second-order valence-electron chi connectivity index (χ2n) is 6.92.